The van der Waals surface area contributed by atoms with Crippen LogP contribution in [0.4, 0.5) is 0 Å². The van der Waals surface area contributed by atoms with Crippen LogP contribution in [0.2, 0.25) is 36.3 Å². The molecular formula is C39H55N3Si2. The fourth-order valence-electron chi connectivity index (χ4n) is 7.40. The first kappa shape index (κ1) is 33.6. The Morgan fingerprint density at radius 1 is 0.500 bits per heavy atom. The van der Waals surface area contributed by atoms with E-state index < -0.39 is 16.1 Å². The molecule has 3 nitrogen and oxygen atoms in total. The summed E-state index contributed by atoms with van der Waals surface area (Å²) in [6.45, 7) is 14.2. The molecule has 44 heavy (non-hydrogen) atoms. The van der Waals surface area contributed by atoms with Crippen molar-refractivity contribution in [3.8, 4) is 0 Å². The summed E-state index contributed by atoms with van der Waals surface area (Å²) in [5.74, 6) is 0. The third-order valence-electron chi connectivity index (χ3n) is 10.8. The van der Waals surface area contributed by atoms with Crippen molar-refractivity contribution in [2.45, 2.75) is 77.8 Å². The molecule has 234 valence electrons. The number of fused-ring (bicyclic) bond motifs is 3. The van der Waals surface area contributed by atoms with Gasteiger partial charge in [-0.1, -0.05) is 132 Å². The van der Waals surface area contributed by atoms with E-state index in [0.29, 0.717) is 0 Å². The summed E-state index contributed by atoms with van der Waals surface area (Å²) < 4.78 is 6.86. The van der Waals surface area contributed by atoms with Crippen LogP contribution in [0.5, 0.6) is 0 Å². The average Bonchev–Trinajstić information content (AvgIpc) is 3.74. The second kappa shape index (κ2) is 14.7. The van der Waals surface area contributed by atoms with Gasteiger partial charge in [0.15, 0.2) is 0 Å². The van der Waals surface area contributed by atoms with E-state index in [1.165, 1.54) is 69.0 Å². The van der Waals surface area contributed by atoms with Crippen LogP contribution in [-0.4, -0.2) is 29.8 Å². The number of benzene rings is 3. The van der Waals surface area contributed by atoms with Crippen molar-refractivity contribution in [1.82, 2.24) is 13.7 Å². The molecule has 0 aliphatic rings. The van der Waals surface area contributed by atoms with Crippen molar-refractivity contribution in [2.75, 3.05) is 0 Å². The predicted molar refractivity (Wildman–Crippen MR) is 202 cm³/mol. The lowest BCUT2D eigenvalue weighted by Crippen LogP contribution is -2.48. The quantitative estimate of drug-likeness (QED) is 0.150. The number of aryl methyl sites for hydroxylation is 3. The first-order valence-corrected chi connectivity index (χ1v) is 22.1. The molecule has 0 fully saturated rings. The summed E-state index contributed by atoms with van der Waals surface area (Å²) in [4.78, 5) is 0. The lowest BCUT2D eigenvalue weighted by molar-refractivity contribution is 0.969. The molecule has 0 spiro atoms. The Hall–Kier alpha value is -3.29. The summed E-state index contributed by atoms with van der Waals surface area (Å²) in [5, 5.41) is 7.50. The Bertz CT molecular complexity index is 1760. The van der Waals surface area contributed by atoms with Gasteiger partial charge in [-0.25, -0.2) is 0 Å². The van der Waals surface area contributed by atoms with E-state index in [-0.39, 0.29) is 0 Å². The van der Waals surface area contributed by atoms with Crippen LogP contribution >= 0.6 is 0 Å². The van der Waals surface area contributed by atoms with Crippen molar-refractivity contribution in [3.05, 3.63) is 97.3 Å². The average molecular weight is 622 g/mol. The number of hydrogen-bond acceptors (Lipinski definition) is 0. The zero-order valence-corrected chi connectivity index (χ0v) is 30.8. The van der Waals surface area contributed by atoms with E-state index >= 15 is 0 Å². The Balaban J connectivity index is 0.000000156. The largest absolute Gasteiger partial charge is 0.352 e. The summed E-state index contributed by atoms with van der Waals surface area (Å²) in [6, 6.07) is 38.6. The number of aromatic nitrogens is 3. The molecule has 0 amide bonds. The molecule has 5 heteroatoms. The van der Waals surface area contributed by atoms with Gasteiger partial charge in [-0.2, -0.15) is 0 Å². The third-order valence-corrected chi connectivity index (χ3v) is 22.0. The Kier molecular flexibility index (Phi) is 11.2. The normalized spacial score (nSPS) is 11.8. The summed E-state index contributed by atoms with van der Waals surface area (Å²) in [5.41, 5.74) is 4.06. The van der Waals surface area contributed by atoms with Crippen molar-refractivity contribution >= 4 is 59.4 Å². The van der Waals surface area contributed by atoms with Crippen LogP contribution in [0.15, 0.2) is 97.3 Å². The van der Waals surface area contributed by atoms with Crippen molar-refractivity contribution in [1.29, 1.82) is 0 Å². The van der Waals surface area contributed by atoms with Crippen LogP contribution in [0.3, 0.4) is 0 Å². The molecule has 0 saturated heterocycles. The van der Waals surface area contributed by atoms with Crippen molar-refractivity contribution in [2.24, 2.45) is 21.1 Å². The highest BCUT2D eigenvalue weighted by molar-refractivity contribution is 6.93. The van der Waals surface area contributed by atoms with Gasteiger partial charge in [0.1, 0.15) is 8.07 Å². The minimum atomic E-state index is -1.26. The highest BCUT2D eigenvalue weighted by Gasteiger charge is 2.33. The Morgan fingerprint density at radius 3 is 1.55 bits per heavy atom. The van der Waals surface area contributed by atoms with Gasteiger partial charge < -0.3 is 13.7 Å². The molecule has 0 atom stereocenters. The SMILES string of the molecule is CC[Si](CC)(CC)c1cc2ccccc2n1C.CC[Si](CC)(CC)c1cn(C)c2ccccc12.Cn1ccc2ccccc21. The summed E-state index contributed by atoms with van der Waals surface area (Å²) in [6.07, 6.45) is 4.47. The maximum absolute atomic E-state index is 2.44. The topological polar surface area (TPSA) is 14.8 Å². The van der Waals surface area contributed by atoms with Gasteiger partial charge in [-0.05, 0) is 51.7 Å². The van der Waals surface area contributed by atoms with E-state index in [4.69, 9.17) is 0 Å². The second-order valence-electron chi connectivity index (χ2n) is 12.5. The first-order chi connectivity index (χ1) is 21.2. The molecule has 0 radical (unpaired) electrons. The van der Waals surface area contributed by atoms with E-state index in [1.807, 2.05) is 0 Å². The summed E-state index contributed by atoms with van der Waals surface area (Å²) in [7, 11) is 3.95. The highest BCUT2D eigenvalue weighted by atomic mass is 28.3. The number of nitrogens with zero attached hydrogens (tertiary/aromatic N) is 3. The number of rotatable bonds is 8. The molecule has 3 aromatic carbocycles. The number of para-hydroxylation sites is 3. The third kappa shape index (κ3) is 6.41. The molecule has 0 unspecified atom stereocenters. The van der Waals surface area contributed by atoms with Crippen molar-refractivity contribution < 1.29 is 0 Å². The molecule has 0 bridgehead atoms. The number of hydrogen-bond donors (Lipinski definition) is 0. The molecule has 0 saturated carbocycles. The second-order valence-corrected chi connectivity index (χ2v) is 22.9. The van der Waals surface area contributed by atoms with Crippen molar-refractivity contribution in [3.63, 3.8) is 0 Å². The maximum atomic E-state index is 2.44. The lowest BCUT2D eigenvalue weighted by atomic mass is 10.2. The molecule has 0 aliphatic heterocycles. The molecule has 6 rings (SSSR count). The van der Waals surface area contributed by atoms with E-state index in [9.17, 15) is 0 Å². The maximum Gasteiger partial charge on any atom is 0.107 e. The fraction of sp³-hybridized carbons (Fsp3) is 0.385. The molecule has 0 aliphatic carbocycles. The summed E-state index contributed by atoms with van der Waals surface area (Å²) >= 11 is 0. The van der Waals surface area contributed by atoms with Gasteiger partial charge in [-0.15, -0.1) is 0 Å². The molecule has 0 N–H and O–H groups in total. The zero-order valence-electron chi connectivity index (χ0n) is 28.8. The van der Waals surface area contributed by atoms with E-state index in [1.54, 1.807) is 10.5 Å². The minimum Gasteiger partial charge on any atom is -0.352 e. The van der Waals surface area contributed by atoms with E-state index in [2.05, 4.69) is 174 Å². The van der Waals surface area contributed by atoms with Gasteiger partial charge in [-0.3, -0.25) is 0 Å². The van der Waals surface area contributed by atoms with Crippen LogP contribution in [0, 0.1) is 0 Å². The monoisotopic (exact) mass is 621 g/mol. The highest BCUT2D eigenvalue weighted by Crippen LogP contribution is 2.26. The molecule has 3 heterocycles. The smallest absolute Gasteiger partial charge is 0.107 e. The predicted octanol–water partition coefficient (Wildman–Crippen LogP) is 9.97. The molecule has 6 aromatic rings. The standard InChI is InChI=1S/2C15H23NSi.C9H9N/c1-5-17(6-2,7-3)15-12-16(4)14-11-9-8-10-13(14)15;1-5-17(6-2,7-3)15-12-13-10-8-9-11-14(13)16(15)4;1-10-7-6-8-4-2-3-5-9(8)10/h2*8-12H,5-7H2,1-4H3;2-7H,1H3. The van der Waals surface area contributed by atoms with Crippen LogP contribution in [-0.2, 0) is 21.1 Å². The Labute approximate surface area is 268 Å². The molecule has 3 aromatic heterocycles. The first-order valence-electron chi connectivity index (χ1n) is 16.8. The van der Waals surface area contributed by atoms with Crippen LogP contribution < -0.4 is 10.5 Å². The lowest BCUT2D eigenvalue weighted by Gasteiger charge is -2.28. The zero-order chi connectivity index (χ0) is 31.9. The molecular weight excluding hydrogens is 567 g/mol. The van der Waals surface area contributed by atoms with Crippen LogP contribution in [0.1, 0.15) is 41.5 Å². The van der Waals surface area contributed by atoms with Gasteiger partial charge >= 0.3 is 0 Å². The van der Waals surface area contributed by atoms with Gasteiger partial charge in [0.2, 0.25) is 0 Å². The van der Waals surface area contributed by atoms with Crippen LogP contribution in [0.25, 0.3) is 32.7 Å². The fourth-order valence-corrected chi connectivity index (χ4v) is 15.2. The van der Waals surface area contributed by atoms with Gasteiger partial charge in [0.25, 0.3) is 0 Å². The van der Waals surface area contributed by atoms with E-state index in [0.717, 1.165) is 0 Å². The van der Waals surface area contributed by atoms with Gasteiger partial charge in [0.05, 0.1) is 8.07 Å². The Morgan fingerprint density at radius 2 is 1.00 bits per heavy atom. The minimum absolute atomic E-state index is 1.26. The van der Waals surface area contributed by atoms with Gasteiger partial charge in [0, 0.05) is 55.4 Å².